The molecule has 2 aliphatic heterocycles. The molecule has 8 nitrogen and oxygen atoms in total. The number of likely N-dealkylation sites (tertiary alicyclic amines) is 1. The zero-order valence-corrected chi connectivity index (χ0v) is 21.6. The molecular formula is C25H34BrN5O3. The molecule has 1 aromatic carbocycles. The zero-order chi connectivity index (χ0) is 24.1. The number of aromatic nitrogens is 2. The van der Waals surface area contributed by atoms with Crippen LogP contribution in [0.4, 0.5) is 0 Å². The largest absolute Gasteiger partial charge is 0.490 e. The van der Waals surface area contributed by atoms with Crippen LogP contribution in [0.5, 0.6) is 5.75 Å². The van der Waals surface area contributed by atoms with Crippen molar-refractivity contribution >= 4 is 27.7 Å². The number of aryl methyl sites for hydroxylation is 2. The van der Waals surface area contributed by atoms with Gasteiger partial charge in [0.25, 0.3) is 0 Å². The second kappa shape index (κ2) is 11.4. The molecule has 0 aliphatic carbocycles. The van der Waals surface area contributed by atoms with Crippen LogP contribution in [0.2, 0.25) is 0 Å². The van der Waals surface area contributed by atoms with Gasteiger partial charge in [0.15, 0.2) is 0 Å². The highest BCUT2D eigenvalue weighted by molar-refractivity contribution is 9.10. The van der Waals surface area contributed by atoms with Gasteiger partial charge in [0.2, 0.25) is 11.8 Å². The molecule has 0 unspecified atom stereocenters. The van der Waals surface area contributed by atoms with Crippen molar-refractivity contribution < 1.29 is 14.3 Å². The Morgan fingerprint density at radius 1 is 1.09 bits per heavy atom. The van der Waals surface area contributed by atoms with Gasteiger partial charge in [-0.05, 0) is 37.2 Å². The molecule has 0 N–H and O–H groups in total. The lowest BCUT2D eigenvalue weighted by atomic mass is 9.90. The lowest BCUT2D eigenvalue weighted by Crippen LogP contribution is -2.51. The standard InChI is InChI=1S/C25H34BrN5O3/c1-28-10-12-30(13-11-28)25(33)14-20-18-31(24(32)7-6-19-16-27-29(2)17-19)9-8-23(20)34-22-5-3-4-21(26)15-22/h3-5,15-17,20,23H,6-14,18H2,1-2H3/t20-,23-/m0/s1. The fourth-order valence-corrected chi connectivity index (χ4v) is 5.10. The number of amides is 2. The average molecular weight is 532 g/mol. The number of likely N-dealkylation sites (N-methyl/N-ethyl adjacent to an activating group) is 1. The summed E-state index contributed by atoms with van der Waals surface area (Å²) in [6, 6.07) is 7.80. The van der Waals surface area contributed by atoms with Crippen molar-refractivity contribution in [3.63, 3.8) is 0 Å². The van der Waals surface area contributed by atoms with Gasteiger partial charge in [0.1, 0.15) is 11.9 Å². The number of piperidine rings is 1. The van der Waals surface area contributed by atoms with Gasteiger partial charge in [0, 0.05) is 82.2 Å². The predicted octanol–water partition coefficient (Wildman–Crippen LogP) is 2.58. The Hall–Kier alpha value is -2.39. The van der Waals surface area contributed by atoms with E-state index < -0.39 is 0 Å². The van der Waals surface area contributed by atoms with Gasteiger partial charge in [0.05, 0.1) is 6.20 Å². The molecule has 2 atom stereocenters. The van der Waals surface area contributed by atoms with E-state index in [2.05, 4.69) is 33.0 Å². The first-order valence-corrected chi connectivity index (χ1v) is 12.8. The van der Waals surface area contributed by atoms with Gasteiger partial charge < -0.3 is 19.4 Å². The molecule has 3 heterocycles. The summed E-state index contributed by atoms with van der Waals surface area (Å²) in [5.74, 6) is 1.03. The molecule has 0 saturated carbocycles. The Labute approximate surface area is 210 Å². The third kappa shape index (κ3) is 6.60. The van der Waals surface area contributed by atoms with Crippen LogP contribution in [-0.2, 0) is 23.1 Å². The van der Waals surface area contributed by atoms with E-state index >= 15 is 0 Å². The number of carbonyl (C=O) groups is 2. The topological polar surface area (TPSA) is 70.9 Å². The van der Waals surface area contributed by atoms with Crippen LogP contribution < -0.4 is 4.74 Å². The molecule has 0 spiro atoms. The number of halogens is 1. The maximum atomic E-state index is 13.1. The number of carbonyl (C=O) groups excluding carboxylic acids is 2. The molecule has 2 amide bonds. The van der Waals surface area contributed by atoms with Crippen molar-refractivity contribution in [2.24, 2.45) is 13.0 Å². The van der Waals surface area contributed by atoms with E-state index in [1.54, 1.807) is 4.68 Å². The van der Waals surface area contributed by atoms with E-state index in [9.17, 15) is 9.59 Å². The van der Waals surface area contributed by atoms with Crippen LogP contribution >= 0.6 is 15.9 Å². The lowest BCUT2D eigenvalue weighted by Gasteiger charge is -2.40. The maximum absolute atomic E-state index is 13.1. The Kier molecular flexibility index (Phi) is 8.26. The fourth-order valence-electron chi connectivity index (χ4n) is 4.72. The van der Waals surface area contributed by atoms with Crippen LogP contribution in [0, 0.1) is 5.92 Å². The first kappa shape index (κ1) is 24.7. The minimum Gasteiger partial charge on any atom is -0.490 e. The number of piperazine rings is 1. The van der Waals surface area contributed by atoms with E-state index in [0.717, 1.165) is 42.0 Å². The molecule has 34 heavy (non-hydrogen) atoms. The third-order valence-electron chi connectivity index (χ3n) is 6.78. The smallest absolute Gasteiger partial charge is 0.223 e. The Balaban J connectivity index is 1.40. The molecule has 2 fully saturated rings. The first-order chi connectivity index (χ1) is 16.4. The summed E-state index contributed by atoms with van der Waals surface area (Å²) in [4.78, 5) is 32.3. The van der Waals surface area contributed by atoms with E-state index in [1.165, 1.54) is 0 Å². The molecule has 1 aromatic heterocycles. The Morgan fingerprint density at radius 3 is 2.59 bits per heavy atom. The number of rotatable bonds is 7. The SMILES string of the molecule is CN1CCN(C(=O)C[C@H]2CN(C(=O)CCc3cnn(C)c3)CC[C@@H]2Oc2cccc(Br)c2)CC1. The molecule has 2 saturated heterocycles. The first-order valence-electron chi connectivity index (χ1n) is 12.0. The van der Waals surface area contributed by atoms with E-state index in [0.29, 0.717) is 38.8 Å². The van der Waals surface area contributed by atoms with Crippen molar-refractivity contribution in [1.82, 2.24) is 24.5 Å². The zero-order valence-electron chi connectivity index (χ0n) is 20.0. The van der Waals surface area contributed by atoms with Crippen molar-refractivity contribution in [3.05, 3.63) is 46.7 Å². The van der Waals surface area contributed by atoms with Crippen LogP contribution in [0.1, 0.15) is 24.8 Å². The molecule has 9 heteroatoms. The summed E-state index contributed by atoms with van der Waals surface area (Å²) in [6.45, 7) is 4.49. The predicted molar refractivity (Wildman–Crippen MR) is 133 cm³/mol. The summed E-state index contributed by atoms with van der Waals surface area (Å²) in [5, 5.41) is 4.18. The molecule has 2 aliphatic rings. The second-order valence-corrected chi connectivity index (χ2v) is 10.3. The van der Waals surface area contributed by atoms with Gasteiger partial charge in [-0.3, -0.25) is 14.3 Å². The van der Waals surface area contributed by atoms with E-state index in [1.807, 2.05) is 53.5 Å². The van der Waals surface area contributed by atoms with E-state index in [-0.39, 0.29) is 23.8 Å². The van der Waals surface area contributed by atoms with Gasteiger partial charge >= 0.3 is 0 Å². The van der Waals surface area contributed by atoms with Gasteiger partial charge in [-0.2, -0.15) is 5.10 Å². The quantitative estimate of drug-likeness (QED) is 0.549. The van der Waals surface area contributed by atoms with Gasteiger partial charge in [-0.25, -0.2) is 0 Å². The number of hydrogen-bond acceptors (Lipinski definition) is 5. The number of hydrogen-bond donors (Lipinski definition) is 0. The van der Waals surface area contributed by atoms with Crippen molar-refractivity contribution in [1.29, 1.82) is 0 Å². The van der Waals surface area contributed by atoms with E-state index in [4.69, 9.17) is 4.74 Å². The van der Waals surface area contributed by atoms with Gasteiger partial charge in [-0.1, -0.05) is 22.0 Å². The molecule has 0 radical (unpaired) electrons. The molecule has 2 aromatic rings. The van der Waals surface area contributed by atoms with Crippen LogP contribution in [0.3, 0.4) is 0 Å². The summed E-state index contributed by atoms with van der Waals surface area (Å²) >= 11 is 3.50. The van der Waals surface area contributed by atoms with Crippen LogP contribution in [0.25, 0.3) is 0 Å². The minimum atomic E-state index is -0.104. The second-order valence-electron chi connectivity index (χ2n) is 9.41. The highest BCUT2D eigenvalue weighted by atomic mass is 79.9. The summed E-state index contributed by atoms with van der Waals surface area (Å²) in [5.41, 5.74) is 1.06. The number of nitrogens with zero attached hydrogens (tertiary/aromatic N) is 5. The molecular weight excluding hydrogens is 498 g/mol. The monoisotopic (exact) mass is 531 g/mol. The summed E-state index contributed by atoms with van der Waals surface area (Å²) < 4.78 is 9.07. The Bertz CT molecular complexity index is 988. The normalized spacial score (nSPS) is 21.5. The van der Waals surface area contributed by atoms with Crippen molar-refractivity contribution in [3.8, 4) is 5.75 Å². The van der Waals surface area contributed by atoms with Crippen LogP contribution in [0.15, 0.2) is 41.1 Å². The maximum Gasteiger partial charge on any atom is 0.223 e. The van der Waals surface area contributed by atoms with Crippen molar-refractivity contribution in [2.45, 2.75) is 31.8 Å². The minimum absolute atomic E-state index is 0.0396. The number of ether oxygens (including phenoxy) is 1. The molecule has 184 valence electrons. The average Bonchev–Trinajstić information content (AvgIpc) is 3.24. The number of benzene rings is 1. The summed E-state index contributed by atoms with van der Waals surface area (Å²) in [6.07, 6.45) is 5.88. The highest BCUT2D eigenvalue weighted by Crippen LogP contribution is 2.28. The fraction of sp³-hybridized carbons (Fsp3) is 0.560. The molecule has 4 rings (SSSR count). The van der Waals surface area contributed by atoms with Crippen molar-refractivity contribution in [2.75, 3.05) is 46.3 Å². The van der Waals surface area contributed by atoms with Gasteiger partial charge in [-0.15, -0.1) is 0 Å². The highest BCUT2D eigenvalue weighted by Gasteiger charge is 2.35. The van der Waals surface area contributed by atoms with Crippen LogP contribution in [-0.4, -0.2) is 88.7 Å². The summed E-state index contributed by atoms with van der Waals surface area (Å²) in [7, 11) is 3.96. The Morgan fingerprint density at radius 2 is 1.88 bits per heavy atom. The molecule has 0 bridgehead atoms. The third-order valence-corrected chi connectivity index (χ3v) is 7.27. The lowest BCUT2D eigenvalue weighted by molar-refractivity contribution is -0.140.